The van der Waals surface area contributed by atoms with Gasteiger partial charge in [0.25, 0.3) is 5.56 Å². The Morgan fingerprint density at radius 2 is 1.77 bits per heavy atom. The topological polar surface area (TPSA) is 50.2 Å². The van der Waals surface area contributed by atoms with Crippen LogP contribution in [0.5, 0.6) is 0 Å². The molecule has 1 N–H and O–H groups in total. The van der Waals surface area contributed by atoms with Gasteiger partial charge in [-0.2, -0.15) is 0 Å². The number of aromatic nitrogens is 2. The average Bonchev–Trinajstić information content (AvgIpc) is 2.67. The smallest absolute Gasteiger partial charge is 0.298 e. The van der Waals surface area contributed by atoms with Crippen LogP contribution in [0.2, 0.25) is 5.02 Å². The van der Waals surface area contributed by atoms with Gasteiger partial charge in [-0.15, -0.1) is 0 Å². The molecule has 0 radical (unpaired) electrons. The van der Waals surface area contributed by atoms with Crippen molar-refractivity contribution in [1.29, 1.82) is 0 Å². The highest BCUT2D eigenvalue weighted by Crippen LogP contribution is 2.18. The van der Waals surface area contributed by atoms with E-state index in [1.54, 1.807) is 16.7 Å². The van der Waals surface area contributed by atoms with Crippen LogP contribution in [0.25, 0.3) is 16.7 Å². The molecule has 0 spiro atoms. The number of anilines is 1. The van der Waals surface area contributed by atoms with Gasteiger partial charge in [-0.3, -0.25) is 9.36 Å². The van der Waals surface area contributed by atoms with Gasteiger partial charge in [-0.05, 0) is 49.5 Å². The standard InChI is InChI=1S/C20H23ClN4O/c1-3-24(4-2)14-13-22-19-20(26)25(16-11-9-15(21)10-12-16)18-8-6-5-7-17(18)23-19/h5-12H,3-4,13-14H2,1-2H3,(H,22,23). The number of halogens is 1. The molecular weight excluding hydrogens is 348 g/mol. The van der Waals surface area contributed by atoms with Gasteiger partial charge in [0.1, 0.15) is 0 Å². The molecule has 0 aliphatic carbocycles. The molecule has 0 amide bonds. The van der Waals surface area contributed by atoms with E-state index in [-0.39, 0.29) is 5.56 Å². The van der Waals surface area contributed by atoms with Crippen LogP contribution in [-0.4, -0.2) is 40.6 Å². The largest absolute Gasteiger partial charge is 0.364 e. The molecule has 3 aromatic rings. The third-order valence-electron chi connectivity index (χ3n) is 4.46. The summed E-state index contributed by atoms with van der Waals surface area (Å²) in [4.78, 5) is 19.9. The predicted octanol–water partition coefficient (Wildman–Crippen LogP) is 3.79. The lowest BCUT2D eigenvalue weighted by atomic mass is 10.2. The van der Waals surface area contributed by atoms with Crippen LogP contribution in [0.3, 0.4) is 0 Å². The molecule has 5 nitrogen and oxygen atoms in total. The summed E-state index contributed by atoms with van der Waals surface area (Å²) in [6.07, 6.45) is 0. The van der Waals surface area contributed by atoms with Gasteiger partial charge in [0.2, 0.25) is 0 Å². The fourth-order valence-electron chi connectivity index (χ4n) is 2.97. The van der Waals surface area contributed by atoms with Crippen LogP contribution in [0, 0.1) is 0 Å². The number of para-hydroxylation sites is 2. The molecule has 0 atom stereocenters. The molecule has 0 fully saturated rings. The number of benzene rings is 2. The second kappa shape index (κ2) is 8.34. The van der Waals surface area contributed by atoms with E-state index in [2.05, 4.69) is 29.0 Å². The minimum Gasteiger partial charge on any atom is -0.364 e. The van der Waals surface area contributed by atoms with E-state index in [1.807, 2.05) is 36.4 Å². The molecule has 0 aliphatic heterocycles. The summed E-state index contributed by atoms with van der Waals surface area (Å²) in [5, 5.41) is 3.85. The molecule has 6 heteroatoms. The van der Waals surface area contributed by atoms with Gasteiger partial charge < -0.3 is 10.2 Å². The number of hydrogen-bond donors (Lipinski definition) is 1. The summed E-state index contributed by atoms with van der Waals surface area (Å²) in [7, 11) is 0. The van der Waals surface area contributed by atoms with Crippen LogP contribution in [-0.2, 0) is 0 Å². The van der Waals surface area contributed by atoms with E-state index in [0.29, 0.717) is 17.4 Å². The van der Waals surface area contributed by atoms with Crippen molar-refractivity contribution in [2.45, 2.75) is 13.8 Å². The molecule has 1 heterocycles. The third kappa shape index (κ3) is 3.89. The maximum absolute atomic E-state index is 13.1. The minimum atomic E-state index is -0.162. The summed E-state index contributed by atoms with van der Waals surface area (Å²) < 4.78 is 1.68. The molecule has 0 aliphatic rings. The molecule has 136 valence electrons. The van der Waals surface area contributed by atoms with Crippen LogP contribution >= 0.6 is 11.6 Å². The zero-order valence-corrected chi connectivity index (χ0v) is 15.8. The third-order valence-corrected chi connectivity index (χ3v) is 4.71. The van der Waals surface area contributed by atoms with Crippen molar-refractivity contribution < 1.29 is 0 Å². The Kier molecular flexibility index (Phi) is 5.91. The fraction of sp³-hybridized carbons (Fsp3) is 0.300. The van der Waals surface area contributed by atoms with Crippen molar-refractivity contribution in [3.8, 4) is 5.69 Å². The molecule has 1 aromatic heterocycles. The Hall–Kier alpha value is -2.37. The SMILES string of the molecule is CCN(CC)CCNc1nc2ccccc2n(-c2ccc(Cl)cc2)c1=O. The Morgan fingerprint density at radius 3 is 2.46 bits per heavy atom. The summed E-state index contributed by atoms with van der Waals surface area (Å²) in [5.74, 6) is 0.366. The van der Waals surface area contributed by atoms with E-state index in [1.165, 1.54) is 0 Å². The highest BCUT2D eigenvalue weighted by atomic mass is 35.5. The quantitative estimate of drug-likeness (QED) is 0.687. The number of nitrogens with one attached hydrogen (secondary N) is 1. The molecule has 2 aromatic carbocycles. The first-order chi connectivity index (χ1) is 12.6. The molecular formula is C20H23ClN4O. The van der Waals surface area contributed by atoms with Gasteiger partial charge in [0.05, 0.1) is 11.0 Å². The van der Waals surface area contributed by atoms with E-state index in [0.717, 1.165) is 36.4 Å². The maximum Gasteiger partial charge on any atom is 0.298 e. The molecule has 0 bridgehead atoms. The molecule has 0 unspecified atom stereocenters. The maximum atomic E-state index is 13.1. The van der Waals surface area contributed by atoms with Gasteiger partial charge in [-0.25, -0.2) is 4.98 Å². The number of rotatable bonds is 7. The van der Waals surface area contributed by atoms with E-state index in [4.69, 9.17) is 11.6 Å². The molecule has 0 saturated heterocycles. The Balaban J connectivity index is 2.01. The first-order valence-corrected chi connectivity index (χ1v) is 9.25. The lowest BCUT2D eigenvalue weighted by Crippen LogP contribution is -2.31. The van der Waals surface area contributed by atoms with E-state index < -0.39 is 0 Å². The first-order valence-electron chi connectivity index (χ1n) is 8.88. The Morgan fingerprint density at radius 1 is 1.08 bits per heavy atom. The Labute approximate surface area is 158 Å². The lowest BCUT2D eigenvalue weighted by molar-refractivity contribution is 0.316. The number of fused-ring (bicyclic) bond motifs is 1. The minimum absolute atomic E-state index is 0.162. The first kappa shape index (κ1) is 18.4. The fourth-order valence-corrected chi connectivity index (χ4v) is 3.09. The number of hydrogen-bond acceptors (Lipinski definition) is 4. The summed E-state index contributed by atoms with van der Waals surface area (Å²) in [6.45, 7) is 7.76. The van der Waals surface area contributed by atoms with Crippen LogP contribution < -0.4 is 10.9 Å². The second-order valence-electron chi connectivity index (χ2n) is 6.02. The van der Waals surface area contributed by atoms with Gasteiger partial charge >= 0.3 is 0 Å². The highest BCUT2D eigenvalue weighted by molar-refractivity contribution is 6.30. The van der Waals surface area contributed by atoms with Crippen molar-refractivity contribution in [3.63, 3.8) is 0 Å². The zero-order chi connectivity index (χ0) is 18.5. The van der Waals surface area contributed by atoms with Crippen LogP contribution in [0.4, 0.5) is 5.82 Å². The molecule has 3 rings (SSSR count). The van der Waals surface area contributed by atoms with Crippen molar-refractivity contribution in [1.82, 2.24) is 14.5 Å². The van der Waals surface area contributed by atoms with Crippen molar-refractivity contribution in [3.05, 3.63) is 63.9 Å². The Bertz CT molecular complexity index is 933. The van der Waals surface area contributed by atoms with Gasteiger partial charge in [-0.1, -0.05) is 37.6 Å². The molecule has 26 heavy (non-hydrogen) atoms. The number of nitrogens with zero attached hydrogens (tertiary/aromatic N) is 3. The van der Waals surface area contributed by atoms with Crippen molar-refractivity contribution in [2.24, 2.45) is 0 Å². The summed E-state index contributed by atoms with van der Waals surface area (Å²) in [6, 6.07) is 14.9. The van der Waals surface area contributed by atoms with Crippen molar-refractivity contribution in [2.75, 3.05) is 31.5 Å². The van der Waals surface area contributed by atoms with Crippen LogP contribution in [0.1, 0.15) is 13.8 Å². The van der Waals surface area contributed by atoms with E-state index >= 15 is 0 Å². The highest BCUT2D eigenvalue weighted by Gasteiger charge is 2.12. The number of likely N-dealkylation sites (N-methyl/N-ethyl adjacent to an activating group) is 1. The zero-order valence-electron chi connectivity index (χ0n) is 15.1. The summed E-state index contributed by atoms with van der Waals surface area (Å²) >= 11 is 6.00. The molecule has 0 saturated carbocycles. The van der Waals surface area contributed by atoms with E-state index in [9.17, 15) is 4.79 Å². The predicted molar refractivity (Wildman–Crippen MR) is 109 cm³/mol. The lowest BCUT2D eigenvalue weighted by Gasteiger charge is -2.18. The van der Waals surface area contributed by atoms with Crippen LogP contribution in [0.15, 0.2) is 53.3 Å². The average molecular weight is 371 g/mol. The van der Waals surface area contributed by atoms with Gasteiger partial charge in [0.15, 0.2) is 5.82 Å². The second-order valence-corrected chi connectivity index (χ2v) is 6.46. The monoisotopic (exact) mass is 370 g/mol. The van der Waals surface area contributed by atoms with Gasteiger partial charge in [0, 0.05) is 23.8 Å². The summed E-state index contributed by atoms with van der Waals surface area (Å²) in [5.41, 5.74) is 2.15. The van der Waals surface area contributed by atoms with Crippen molar-refractivity contribution >= 4 is 28.5 Å². The normalized spacial score (nSPS) is 11.2.